The number of hydrogen-bond donors (Lipinski definition) is 1. The van der Waals surface area contributed by atoms with Crippen molar-refractivity contribution in [1.82, 2.24) is 4.98 Å². The minimum absolute atomic E-state index is 0.0245. The van der Waals surface area contributed by atoms with Crippen molar-refractivity contribution in [3.63, 3.8) is 0 Å². The van der Waals surface area contributed by atoms with Crippen molar-refractivity contribution in [3.05, 3.63) is 15.3 Å². The highest BCUT2D eigenvalue weighted by molar-refractivity contribution is 14.1. The van der Waals surface area contributed by atoms with Crippen molar-refractivity contribution in [2.75, 3.05) is 0 Å². The van der Waals surface area contributed by atoms with Gasteiger partial charge in [-0.05, 0) is 35.6 Å². The smallest absolute Gasteiger partial charge is 0.388 e. The van der Waals surface area contributed by atoms with Gasteiger partial charge in [0.15, 0.2) is 0 Å². The van der Waals surface area contributed by atoms with E-state index >= 15 is 0 Å². The molecule has 0 aliphatic heterocycles. The van der Waals surface area contributed by atoms with Gasteiger partial charge in [0.25, 0.3) is 0 Å². The molecule has 96 valence electrons. The topological polar surface area (TPSA) is 82.3 Å². The molecular weight excluding hydrogens is 376 g/mol. The molecule has 0 aliphatic carbocycles. The number of primary sulfonamides is 1. The average molecular weight is 382 g/mol. The summed E-state index contributed by atoms with van der Waals surface area (Å²) < 4.78 is 62.0. The number of sulfonamides is 1. The highest BCUT2D eigenvalue weighted by Gasteiger charge is 2.33. The standard InChI is InChI=1S/C7H6F3IN2O3S/c1-3-4(17(12,14)15)2-5(11)13-6(3)16-7(8,9)10/h2H,1H3,(H2,12,14,15). The van der Waals surface area contributed by atoms with Crippen LogP contribution in [-0.4, -0.2) is 19.8 Å². The highest BCUT2D eigenvalue weighted by Crippen LogP contribution is 2.28. The molecule has 0 radical (unpaired) electrons. The third-order valence-corrected chi connectivity index (χ3v) is 3.26. The number of pyridine rings is 1. The number of rotatable bonds is 2. The molecule has 1 rings (SSSR count). The molecule has 5 nitrogen and oxygen atoms in total. The van der Waals surface area contributed by atoms with Crippen molar-refractivity contribution in [2.24, 2.45) is 5.14 Å². The van der Waals surface area contributed by atoms with E-state index in [9.17, 15) is 21.6 Å². The van der Waals surface area contributed by atoms with Crippen molar-refractivity contribution in [3.8, 4) is 5.88 Å². The highest BCUT2D eigenvalue weighted by atomic mass is 127. The predicted molar refractivity (Wildman–Crippen MR) is 59.7 cm³/mol. The van der Waals surface area contributed by atoms with E-state index in [4.69, 9.17) is 5.14 Å². The summed E-state index contributed by atoms with van der Waals surface area (Å²) in [5.74, 6) is -0.826. The molecule has 10 heteroatoms. The number of ether oxygens (including phenoxy) is 1. The summed E-state index contributed by atoms with van der Waals surface area (Å²) in [5.41, 5.74) is -0.287. The van der Waals surface area contributed by atoms with Gasteiger partial charge in [-0.15, -0.1) is 13.2 Å². The lowest BCUT2D eigenvalue weighted by atomic mass is 10.3. The van der Waals surface area contributed by atoms with E-state index in [-0.39, 0.29) is 9.26 Å². The molecule has 0 aromatic carbocycles. The summed E-state index contributed by atoms with van der Waals surface area (Å²) in [7, 11) is -4.13. The van der Waals surface area contributed by atoms with E-state index in [1.165, 1.54) is 0 Å². The molecular formula is C7H6F3IN2O3S. The van der Waals surface area contributed by atoms with Gasteiger partial charge < -0.3 is 4.74 Å². The van der Waals surface area contributed by atoms with E-state index in [0.29, 0.717) is 0 Å². The zero-order chi connectivity index (χ0) is 13.4. The van der Waals surface area contributed by atoms with Gasteiger partial charge >= 0.3 is 6.36 Å². The molecule has 0 amide bonds. The second-order valence-electron chi connectivity index (χ2n) is 2.97. The molecule has 1 aromatic heterocycles. The third kappa shape index (κ3) is 3.96. The number of hydrogen-bond acceptors (Lipinski definition) is 4. The van der Waals surface area contributed by atoms with E-state index in [2.05, 4.69) is 9.72 Å². The first-order valence-electron chi connectivity index (χ1n) is 3.96. The number of nitrogens with zero attached hydrogens (tertiary/aromatic N) is 1. The fraction of sp³-hybridized carbons (Fsp3) is 0.286. The molecule has 1 aromatic rings. The number of halogens is 4. The second kappa shape index (κ2) is 4.57. The van der Waals surface area contributed by atoms with Gasteiger partial charge in [0, 0.05) is 5.56 Å². The minimum atomic E-state index is -4.95. The van der Waals surface area contributed by atoms with Crippen LogP contribution in [0.5, 0.6) is 5.88 Å². The van der Waals surface area contributed by atoms with Crippen LogP contribution in [0.15, 0.2) is 11.0 Å². The molecule has 0 aliphatic rings. The van der Waals surface area contributed by atoms with Crippen LogP contribution < -0.4 is 9.88 Å². The van der Waals surface area contributed by atoms with Crippen LogP contribution in [0.3, 0.4) is 0 Å². The number of alkyl halides is 3. The quantitative estimate of drug-likeness (QED) is 0.622. The number of nitrogens with two attached hydrogens (primary N) is 1. The molecule has 0 fully saturated rings. The Bertz CT molecular complexity index is 544. The third-order valence-electron chi connectivity index (χ3n) is 1.67. The molecule has 0 saturated heterocycles. The van der Waals surface area contributed by atoms with Crippen LogP contribution in [0.4, 0.5) is 13.2 Å². The largest absolute Gasteiger partial charge is 0.574 e. The molecule has 0 spiro atoms. The van der Waals surface area contributed by atoms with Crippen LogP contribution in [0, 0.1) is 10.6 Å². The summed E-state index contributed by atoms with van der Waals surface area (Å²) in [4.78, 5) is 3.01. The minimum Gasteiger partial charge on any atom is -0.388 e. The van der Waals surface area contributed by atoms with Gasteiger partial charge in [-0.1, -0.05) is 0 Å². The van der Waals surface area contributed by atoms with Gasteiger partial charge in [0.1, 0.15) is 3.70 Å². The van der Waals surface area contributed by atoms with Crippen molar-refractivity contribution in [1.29, 1.82) is 0 Å². The Morgan fingerprint density at radius 2 is 2.00 bits per heavy atom. The summed E-state index contributed by atoms with van der Waals surface area (Å²) >= 11 is 1.56. The van der Waals surface area contributed by atoms with Gasteiger partial charge in [0.2, 0.25) is 15.9 Å². The zero-order valence-corrected chi connectivity index (χ0v) is 11.2. The molecule has 1 heterocycles. The maximum atomic E-state index is 12.0. The molecule has 0 atom stereocenters. The molecule has 17 heavy (non-hydrogen) atoms. The Morgan fingerprint density at radius 3 is 2.41 bits per heavy atom. The zero-order valence-electron chi connectivity index (χ0n) is 8.25. The first kappa shape index (κ1) is 14.4. The maximum Gasteiger partial charge on any atom is 0.574 e. The monoisotopic (exact) mass is 382 g/mol. The van der Waals surface area contributed by atoms with Crippen LogP contribution in [-0.2, 0) is 10.0 Å². The SMILES string of the molecule is Cc1c(S(N)(=O)=O)cc(I)nc1OC(F)(F)F. The second-order valence-corrected chi connectivity index (χ2v) is 5.60. The lowest BCUT2D eigenvalue weighted by Crippen LogP contribution is -2.21. The Hall–Kier alpha value is -0.620. The van der Waals surface area contributed by atoms with Gasteiger partial charge in [-0.2, -0.15) is 0 Å². The van der Waals surface area contributed by atoms with Crippen molar-refractivity contribution in [2.45, 2.75) is 18.2 Å². The lowest BCUT2D eigenvalue weighted by Gasteiger charge is -2.12. The van der Waals surface area contributed by atoms with E-state index in [0.717, 1.165) is 13.0 Å². The van der Waals surface area contributed by atoms with Crippen molar-refractivity contribution < 1.29 is 26.3 Å². The fourth-order valence-corrected chi connectivity index (χ4v) is 2.57. The van der Waals surface area contributed by atoms with Crippen LogP contribution in [0.2, 0.25) is 0 Å². The molecule has 2 N–H and O–H groups in total. The van der Waals surface area contributed by atoms with E-state index in [1.807, 2.05) is 0 Å². The summed E-state index contributed by atoms with van der Waals surface area (Å²) in [6.07, 6.45) is -4.95. The lowest BCUT2D eigenvalue weighted by molar-refractivity contribution is -0.276. The van der Waals surface area contributed by atoms with E-state index < -0.39 is 27.2 Å². The maximum absolute atomic E-state index is 12.0. The Kier molecular flexibility index (Phi) is 3.88. The van der Waals surface area contributed by atoms with Crippen molar-refractivity contribution >= 4 is 32.6 Å². The van der Waals surface area contributed by atoms with Crippen LogP contribution in [0.25, 0.3) is 0 Å². The normalized spacial score (nSPS) is 12.6. The first-order chi connectivity index (χ1) is 7.50. The molecule has 0 saturated carbocycles. The predicted octanol–water partition coefficient (Wildman–Crippen LogP) is 1.54. The van der Waals surface area contributed by atoms with Gasteiger partial charge in [-0.3, -0.25) is 0 Å². The Morgan fingerprint density at radius 1 is 1.47 bits per heavy atom. The average Bonchev–Trinajstić information content (AvgIpc) is 2.06. The van der Waals surface area contributed by atoms with Gasteiger partial charge in [0.05, 0.1) is 4.90 Å². The van der Waals surface area contributed by atoms with Gasteiger partial charge in [-0.25, -0.2) is 18.5 Å². The molecule has 0 bridgehead atoms. The van der Waals surface area contributed by atoms with E-state index in [1.54, 1.807) is 22.6 Å². The first-order valence-corrected chi connectivity index (χ1v) is 6.59. The fourth-order valence-electron chi connectivity index (χ4n) is 1.04. The number of aromatic nitrogens is 1. The molecule has 0 unspecified atom stereocenters. The van der Waals surface area contributed by atoms with Crippen LogP contribution >= 0.6 is 22.6 Å². The summed E-state index contributed by atoms with van der Waals surface area (Å²) in [6, 6.07) is 1.06. The summed E-state index contributed by atoms with van der Waals surface area (Å²) in [5, 5.41) is 4.86. The Balaban J connectivity index is 3.40. The van der Waals surface area contributed by atoms with Crippen LogP contribution in [0.1, 0.15) is 5.56 Å². The summed E-state index contributed by atoms with van der Waals surface area (Å²) in [6.45, 7) is 1.13. The Labute approximate surface area is 108 Å².